The molecule has 0 aliphatic carbocycles. The largest absolute Gasteiger partial charge is 0.378 e. The molecular weight excluding hydrogens is 360 g/mol. The zero-order valence-electron chi connectivity index (χ0n) is 13.4. The maximum atomic E-state index is 6.09. The zero-order chi connectivity index (χ0) is 16.3. The smallest absolute Gasteiger partial charge is 0.179 e. The second-order valence-electron chi connectivity index (χ2n) is 6.19. The Labute approximate surface area is 144 Å². The van der Waals surface area contributed by atoms with Crippen LogP contribution in [0.25, 0.3) is 0 Å². The Kier molecular flexibility index (Phi) is 5.08. The van der Waals surface area contributed by atoms with Crippen LogP contribution >= 0.6 is 15.9 Å². The minimum atomic E-state index is -0.345. The van der Waals surface area contributed by atoms with Crippen LogP contribution in [0.15, 0.2) is 28.7 Å². The van der Waals surface area contributed by atoms with Crippen molar-refractivity contribution in [3.63, 3.8) is 0 Å². The maximum absolute atomic E-state index is 6.09. The lowest BCUT2D eigenvalue weighted by Gasteiger charge is -2.29. The fourth-order valence-corrected chi connectivity index (χ4v) is 3.29. The van der Waals surface area contributed by atoms with Gasteiger partial charge in [0.1, 0.15) is 5.60 Å². The van der Waals surface area contributed by atoms with E-state index in [0.29, 0.717) is 32.0 Å². The molecule has 1 unspecified atom stereocenters. The monoisotopic (exact) mass is 380 g/mol. The number of hydrogen-bond donors (Lipinski definition) is 0. The number of tetrazole rings is 1. The molecule has 124 valence electrons. The van der Waals surface area contributed by atoms with Gasteiger partial charge in [0.05, 0.1) is 19.3 Å². The lowest BCUT2D eigenvalue weighted by molar-refractivity contribution is -0.0951. The molecule has 2 aromatic rings. The van der Waals surface area contributed by atoms with Crippen LogP contribution in [0, 0.1) is 0 Å². The molecule has 1 aliphatic heterocycles. The number of rotatable bonds is 6. The van der Waals surface area contributed by atoms with E-state index in [1.165, 1.54) is 0 Å². The third kappa shape index (κ3) is 4.37. The van der Waals surface area contributed by atoms with Crippen molar-refractivity contribution in [1.82, 2.24) is 20.2 Å². The highest BCUT2D eigenvalue weighted by molar-refractivity contribution is 9.10. The Morgan fingerprint density at radius 1 is 1.43 bits per heavy atom. The first-order valence-corrected chi connectivity index (χ1v) is 8.61. The zero-order valence-corrected chi connectivity index (χ0v) is 15.0. The number of halogens is 1. The van der Waals surface area contributed by atoms with E-state index in [9.17, 15) is 0 Å². The number of ether oxygens (including phenoxy) is 2. The molecule has 1 fully saturated rings. The van der Waals surface area contributed by atoms with E-state index in [0.717, 1.165) is 16.5 Å². The van der Waals surface area contributed by atoms with Crippen LogP contribution in [-0.4, -0.2) is 45.1 Å². The molecule has 1 aromatic heterocycles. The van der Waals surface area contributed by atoms with Gasteiger partial charge in [0.25, 0.3) is 0 Å². The quantitative estimate of drug-likeness (QED) is 0.770. The average Bonchev–Trinajstić information content (AvgIpc) is 3.09. The third-order valence-electron chi connectivity index (χ3n) is 3.73. The van der Waals surface area contributed by atoms with Crippen LogP contribution in [0.1, 0.15) is 31.7 Å². The lowest BCUT2D eigenvalue weighted by atomic mass is 10.0. The highest BCUT2D eigenvalue weighted by atomic mass is 79.9. The first-order chi connectivity index (χ1) is 11.0. The summed E-state index contributed by atoms with van der Waals surface area (Å²) >= 11 is 3.48. The summed E-state index contributed by atoms with van der Waals surface area (Å²) in [6, 6.07) is 8.13. The predicted octanol–water partition coefficient (Wildman–Crippen LogP) is 2.61. The van der Waals surface area contributed by atoms with E-state index < -0.39 is 0 Å². The summed E-state index contributed by atoms with van der Waals surface area (Å²) in [5, 5.41) is 12.8. The maximum Gasteiger partial charge on any atom is 0.179 e. The summed E-state index contributed by atoms with van der Waals surface area (Å²) < 4.78 is 12.7. The van der Waals surface area contributed by atoms with Crippen molar-refractivity contribution in [3.8, 4) is 0 Å². The molecule has 1 atom stereocenters. The normalized spacial score (nSPS) is 21.2. The molecule has 7 heteroatoms. The van der Waals surface area contributed by atoms with Gasteiger partial charge in [0.15, 0.2) is 5.82 Å². The minimum Gasteiger partial charge on any atom is -0.378 e. The van der Waals surface area contributed by atoms with Crippen molar-refractivity contribution in [2.75, 3.05) is 13.2 Å². The number of nitrogens with zero attached hydrogens (tertiary/aromatic N) is 4. The second-order valence-corrected chi connectivity index (χ2v) is 7.11. The van der Waals surface area contributed by atoms with Crippen molar-refractivity contribution >= 4 is 15.9 Å². The molecule has 0 saturated carbocycles. The standard InChI is InChI=1S/C16H21BrN4O2/c1-12(2)23-16(6-7-22-11-16)10-21-19-15(18-20-21)9-13-4-3-5-14(17)8-13/h3-5,8,12H,6-7,9-11H2,1-2H3. The van der Waals surface area contributed by atoms with E-state index in [-0.39, 0.29) is 11.7 Å². The second kappa shape index (κ2) is 7.07. The Morgan fingerprint density at radius 2 is 2.30 bits per heavy atom. The Balaban J connectivity index is 1.69. The third-order valence-corrected chi connectivity index (χ3v) is 4.22. The summed E-state index contributed by atoms with van der Waals surface area (Å²) in [6.07, 6.45) is 1.66. The molecule has 2 heterocycles. The number of hydrogen-bond acceptors (Lipinski definition) is 5. The van der Waals surface area contributed by atoms with Crippen molar-refractivity contribution in [1.29, 1.82) is 0 Å². The van der Waals surface area contributed by atoms with Crippen LogP contribution in [-0.2, 0) is 22.4 Å². The molecule has 0 radical (unpaired) electrons. The van der Waals surface area contributed by atoms with E-state index in [1.807, 2.05) is 26.0 Å². The van der Waals surface area contributed by atoms with Crippen molar-refractivity contribution < 1.29 is 9.47 Å². The molecule has 0 spiro atoms. The van der Waals surface area contributed by atoms with E-state index in [2.05, 4.69) is 43.5 Å². The lowest BCUT2D eigenvalue weighted by Crippen LogP contribution is -2.41. The number of aromatic nitrogens is 4. The molecule has 23 heavy (non-hydrogen) atoms. The van der Waals surface area contributed by atoms with Gasteiger partial charge in [-0.2, -0.15) is 4.80 Å². The molecule has 0 bridgehead atoms. The van der Waals surface area contributed by atoms with E-state index in [4.69, 9.17) is 9.47 Å². The van der Waals surface area contributed by atoms with Crippen LogP contribution in [0.5, 0.6) is 0 Å². The Hall–Kier alpha value is -1.31. The molecule has 1 aromatic carbocycles. The van der Waals surface area contributed by atoms with E-state index in [1.54, 1.807) is 4.80 Å². The predicted molar refractivity (Wildman–Crippen MR) is 89.2 cm³/mol. The van der Waals surface area contributed by atoms with Crippen molar-refractivity contribution in [2.45, 2.75) is 44.9 Å². The van der Waals surface area contributed by atoms with Gasteiger partial charge in [-0.15, -0.1) is 10.2 Å². The first kappa shape index (κ1) is 16.5. The molecule has 6 nitrogen and oxygen atoms in total. The van der Waals surface area contributed by atoms with Gasteiger partial charge in [-0.25, -0.2) is 0 Å². The minimum absolute atomic E-state index is 0.140. The van der Waals surface area contributed by atoms with Crippen molar-refractivity contribution in [2.24, 2.45) is 0 Å². The molecule has 1 saturated heterocycles. The van der Waals surface area contributed by atoms with Gasteiger partial charge >= 0.3 is 0 Å². The van der Waals surface area contributed by atoms with Gasteiger partial charge in [0, 0.05) is 23.9 Å². The van der Waals surface area contributed by atoms with Crippen LogP contribution in [0.2, 0.25) is 0 Å². The Morgan fingerprint density at radius 3 is 3.00 bits per heavy atom. The fraction of sp³-hybridized carbons (Fsp3) is 0.562. The topological polar surface area (TPSA) is 62.1 Å². The highest BCUT2D eigenvalue weighted by Gasteiger charge is 2.38. The summed E-state index contributed by atoms with van der Waals surface area (Å²) in [7, 11) is 0. The molecule has 0 N–H and O–H groups in total. The Bertz CT molecular complexity index is 653. The van der Waals surface area contributed by atoms with E-state index >= 15 is 0 Å². The van der Waals surface area contributed by atoms with Gasteiger partial charge in [0.2, 0.25) is 0 Å². The molecular formula is C16H21BrN4O2. The molecule has 0 amide bonds. The number of benzene rings is 1. The molecule has 3 rings (SSSR count). The highest BCUT2D eigenvalue weighted by Crippen LogP contribution is 2.26. The van der Waals surface area contributed by atoms with Gasteiger partial charge in [-0.05, 0) is 36.8 Å². The fourth-order valence-electron chi connectivity index (χ4n) is 2.84. The van der Waals surface area contributed by atoms with Crippen LogP contribution < -0.4 is 0 Å². The molecule has 1 aliphatic rings. The van der Waals surface area contributed by atoms with Gasteiger partial charge in [-0.3, -0.25) is 0 Å². The van der Waals surface area contributed by atoms with Crippen LogP contribution in [0.4, 0.5) is 0 Å². The van der Waals surface area contributed by atoms with Gasteiger partial charge < -0.3 is 9.47 Å². The SMILES string of the molecule is CC(C)OC1(Cn2nnc(Cc3cccc(Br)c3)n2)CCOC1. The van der Waals surface area contributed by atoms with Crippen molar-refractivity contribution in [3.05, 3.63) is 40.1 Å². The average molecular weight is 381 g/mol. The summed E-state index contributed by atoms with van der Waals surface area (Å²) in [5.41, 5.74) is 0.804. The van der Waals surface area contributed by atoms with Gasteiger partial charge in [-0.1, -0.05) is 28.1 Å². The summed E-state index contributed by atoms with van der Waals surface area (Å²) in [5.74, 6) is 0.710. The van der Waals surface area contributed by atoms with Crippen LogP contribution in [0.3, 0.4) is 0 Å². The summed E-state index contributed by atoms with van der Waals surface area (Å²) in [6.45, 7) is 5.93. The summed E-state index contributed by atoms with van der Waals surface area (Å²) in [4.78, 5) is 1.63. The first-order valence-electron chi connectivity index (χ1n) is 7.81.